The van der Waals surface area contributed by atoms with Crippen LogP contribution in [0, 0.1) is 0 Å². The number of carbonyl (C=O) groups is 1. The van der Waals surface area contributed by atoms with Crippen molar-refractivity contribution in [3.05, 3.63) is 70.9 Å². The van der Waals surface area contributed by atoms with Crippen LogP contribution in [0.3, 0.4) is 0 Å². The molecule has 1 aliphatic rings. The number of carboxylic acids is 1. The summed E-state index contributed by atoms with van der Waals surface area (Å²) in [6.07, 6.45) is 1.56. The molecule has 0 saturated heterocycles. The van der Waals surface area contributed by atoms with Crippen LogP contribution in [-0.2, 0) is 6.54 Å². The van der Waals surface area contributed by atoms with Gasteiger partial charge in [0.05, 0.1) is 6.54 Å². The van der Waals surface area contributed by atoms with Crippen molar-refractivity contribution in [1.82, 2.24) is 4.98 Å². The number of hydrogen-bond donors (Lipinski definition) is 2. The molecule has 6 nitrogen and oxygen atoms in total. The molecule has 2 aromatic carbocycles. The highest BCUT2D eigenvalue weighted by atomic mass is 35.5. The second-order valence-electron chi connectivity index (χ2n) is 6.44. The molecule has 2 N–H and O–H groups in total. The number of fused-ring (bicyclic) bond motifs is 1. The van der Waals surface area contributed by atoms with E-state index in [0.717, 1.165) is 16.7 Å². The molecule has 0 atom stereocenters. The van der Waals surface area contributed by atoms with Gasteiger partial charge < -0.3 is 19.8 Å². The fraction of sp³-hybridized carbons (Fsp3) is 0.143. The minimum Gasteiger partial charge on any atom is -0.504 e. The molecule has 2 heterocycles. The van der Waals surface area contributed by atoms with Crippen molar-refractivity contribution in [2.45, 2.75) is 6.54 Å². The van der Waals surface area contributed by atoms with E-state index < -0.39 is 5.97 Å². The number of nitrogens with zero attached hydrogens (tertiary/aromatic N) is 2. The third kappa shape index (κ3) is 3.46. The number of aromatic hydroxyl groups is 1. The quantitative estimate of drug-likeness (QED) is 0.690. The average Bonchev–Trinajstić information content (AvgIpc) is 2.91. The van der Waals surface area contributed by atoms with Crippen LogP contribution in [0.1, 0.15) is 15.9 Å². The van der Waals surface area contributed by atoms with E-state index in [-0.39, 0.29) is 11.3 Å². The number of aromatic carboxylic acids is 1. The van der Waals surface area contributed by atoms with Crippen molar-refractivity contribution in [3.63, 3.8) is 0 Å². The summed E-state index contributed by atoms with van der Waals surface area (Å²) >= 11 is 6.10. The molecule has 4 rings (SSSR count). The Kier molecular flexibility index (Phi) is 4.79. The standard InChI is InChI=1S/C21H17ClN2O4/c22-16-4-1-3-13(10-16)14-9-15-12-24(7-8-28-19(15)18(25)11-14)20-17(21(26)27)5-2-6-23-20/h1-6,9-11,25H,7-8,12H2,(H,26,27). The summed E-state index contributed by atoms with van der Waals surface area (Å²) in [5.74, 6) is -0.224. The Morgan fingerprint density at radius 1 is 1.14 bits per heavy atom. The van der Waals surface area contributed by atoms with Crippen LogP contribution in [0.15, 0.2) is 54.7 Å². The zero-order valence-electron chi connectivity index (χ0n) is 14.8. The first kappa shape index (κ1) is 18.1. The van der Waals surface area contributed by atoms with Crippen molar-refractivity contribution >= 4 is 23.4 Å². The molecule has 142 valence electrons. The Labute approximate surface area is 166 Å². The highest BCUT2D eigenvalue weighted by Gasteiger charge is 2.23. The average molecular weight is 397 g/mol. The van der Waals surface area contributed by atoms with Crippen LogP contribution < -0.4 is 9.64 Å². The first-order valence-electron chi connectivity index (χ1n) is 8.71. The molecule has 3 aromatic rings. The normalized spacial score (nSPS) is 13.4. The number of pyridine rings is 1. The van der Waals surface area contributed by atoms with Crippen LogP contribution in [0.4, 0.5) is 5.82 Å². The summed E-state index contributed by atoms with van der Waals surface area (Å²) in [4.78, 5) is 17.7. The van der Waals surface area contributed by atoms with Crippen molar-refractivity contribution in [1.29, 1.82) is 0 Å². The van der Waals surface area contributed by atoms with Gasteiger partial charge in [0.25, 0.3) is 0 Å². The van der Waals surface area contributed by atoms with Gasteiger partial charge in [-0.2, -0.15) is 0 Å². The molecule has 28 heavy (non-hydrogen) atoms. The maximum absolute atomic E-state index is 11.6. The first-order chi connectivity index (χ1) is 13.5. The SMILES string of the molecule is O=C(O)c1cccnc1N1CCOc2c(O)cc(-c3cccc(Cl)c3)cc2C1. The molecule has 1 aliphatic heterocycles. The van der Waals surface area contributed by atoms with Crippen molar-refractivity contribution < 1.29 is 19.7 Å². The number of halogens is 1. The minimum absolute atomic E-state index is 0.0359. The third-order valence-corrected chi connectivity index (χ3v) is 4.82. The third-order valence-electron chi connectivity index (χ3n) is 4.59. The summed E-state index contributed by atoms with van der Waals surface area (Å²) in [5.41, 5.74) is 2.53. The van der Waals surface area contributed by atoms with Gasteiger partial charge in [-0.3, -0.25) is 0 Å². The van der Waals surface area contributed by atoms with Crippen LogP contribution in [0.5, 0.6) is 11.5 Å². The van der Waals surface area contributed by atoms with Crippen LogP contribution >= 0.6 is 11.6 Å². The molecule has 7 heteroatoms. The monoisotopic (exact) mass is 396 g/mol. The summed E-state index contributed by atoms with van der Waals surface area (Å²) in [7, 11) is 0. The number of anilines is 1. The lowest BCUT2D eigenvalue weighted by molar-refractivity contribution is 0.0697. The summed E-state index contributed by atoms with van der Waals surface area (Å²) in [6.45, 7) is 1.10. The van der Waals surface area contributed by atoms with Gasteiger partial charge in [-0.05, 0) is 47.5 Å². The zero-order valence-corrected chi connectivity index (χ0v) is 15.6. The van der Waals surface area contributed by atoms with Gasteiger partial charge in [0.15, 0.2) is 11.5 Å². The largest absolute Gasteiger partial charge is 0.504 e. The van der Waals surface area contributed by atoms with E-state index in [2.05, 4.69) is 4.98 Å². The Morgan fingerprint density at radius 3 is 2.79 bits per heavy atom. The summed E-state index contributed by atoms with van der Waals surface area (Å²) in [5, 5.41) is 20.6. The number of aromatic nitrogens is 1. The molecular weight excluding hydrogens is 380 g/mol. The number of benzene rings is 2. The minimum atomic E-state index is -1.04. The van der Waals surface area contributed by atoms with Gasteiger partial charge in [0, 0.05) is 23.3 Å². The summed E-state index contributed by atoms with van der Waals surface area (Å²) in [6, 6.07) is 14.0. The van der Waals surface area contributed by atoms with E-state index in [1.807, 2.05) is 29.2 Å². The van der Waals surface area contributed by atoms with Crippen molar-refractivity contribution in [3.8, 4) is 22.6 Å². The van der Waals surface area contributed by atoms with E-state index in [0.29, 0.717) is 36.3 Å². The molecular formula is C21H17ClN2O4. The molecule has 0 unspecified atom stereocenters. The van der Waals surface area contributed by atoms with Gasteiger partial charge in [0.1, 0.15) is 18.0 Å². The van der Waals surface area contributed by atoms with E-state index >= 15 is 0 Å². The lowest BCUT2D eigenvalue weighted by Gasteiger charge is -2.22. The molecule has 0 amide bonds. The Hall–Kier alpha value is -3.25. The molecule has 0 bridgehead atoms. The lowest BCUT2D eigenvalue weighted by atomic mass is 10.0. The number of rotatable bonds is 3. The number of hydrogen-bond acceptors (Lipinski definition) is 5. The molecule has 0 spiro atoms. The van der Waals surface area contributed by atoms with Gasteiger partial charge in [0.2, 0.25) is 0 Å². The van der Waals surface area contributed by atoms with Crippen LogP contribution in [0.2, 0.25) is 5.02 Å². The molecule has 0 aliphatic carbocycles. The van der Waals surface area contributed by atoms with Crippen molar-refractivity contribution in [2.75, 3.05) is 18.1 Å². The lowest BCUT2D eigenvalue weighted by Crippen LogP contribution is -2.28. The molecule has 0 saturated carbocycles. The number of phenols is 1. The van der Waals surface area contributed by atoms with Crippen LogP contribution in [-0.4, -0.2) is 34.3 Å². The Balaban J connectivity index is 1.76. The van der Waals surface area contributed by atoms with Crippen LogP contribution in [0.25, 0.3) is 11.1 Å². The summed E-state index contributed by atoms with van der Waals surface area (Å²) < 4.78 is 5.75. The van der Waals surface area contributed by atoms with E-state index in [1.165, 1.54) is 6.07 Å². The highest BCUT2D eigenvalue weighted by Crippen LogP contribution is 2.38. The van der Waals surface area contributed by atoms with E-state index in [1.54, 1.807) is 24.4 Å². The predicted molar refractivity (Wildman–Crippen MR) is 106 cm³/mol. The fourth-order valence-corrected chi connectivity index (χ4v) is 3.52. The molecule has 0 radical (unpaired) electrons. The van der Waals surface area contributed by atoms with E-state index in [4.69, 9.17) is 16.3 Å². The molecule has 0 fully saturated rings. The topological polar surface area (TPSA) is 82.9 Å². The van der Waals surface area contributed by atoms with E-state index in [9.17, 15) is 15.0 Å². The van der Waals surface area contributed by atoms with Crippen molar-refractivity contribution in [2.24, 2.45) is 0 Å². The van der Waals surface area contributed by atoms with Gasteiger partial charge in [-0.15, -0.1) is 0 Å². The zero-order chi connectivity index (χ0) is 19.7. The number of ether oxygens (including phenoxy) is 1. The van der Waals surface area contributed by atoms with Gasteiger partial charge >= 0.3 is 5.97 Å². The maximum atomic E-state index is 11.6. The van der Waals surface area contributed by atoms with Gasteiger partial charge in [-0.25, -0.2) is 9.78 Å². The number of phenolic OH excluding ortho intramolecular Hbond substituents is 1. The second kappa shape index (κ2) is 7.40. The second-order valence-corrected chi connectivity index (χ2v) is 6.88. The predicted octanol–water partition coefficient (Wildman–Crippen LogP) is 4.20. The Bertz CT molecular complexity index is 1050. The van der Waals surface area contributed by atoms with Gasteiger partial charge in [-0.1, -0.05) is 23.7 Å². The first-order valence-corrected chi connectivity index (χ1v) is 9.08. The fourth-order valence-electron chi connectivity index (χ4n) is 3.33. The Morgan fingerprint density at radius 2 is 2.00 bits per heavy atom. The molecule has 1 aromatic heterocycles. The maximum Gasteiger partial charge on any atom is 0.339 e. The number of carboxylic acid groups (broad SMARTS) is 1. The smallest absolute Gasteiger partial charge is 0.339 e. The highest BCUT2D eigenvalue weighted by molar-refractivity contribution is 6.30.